The fourth-order valence-electron chi connectivity index (χ4n) is 5.06. The number of carbonyl (C=O) groups is 1. The van der Waals surface area contributed by atoms with Crippen LogP contribution >= 0.6 is 0 Å². The van der Waals surface area contributed by atoms with Gasteiger partial charge in [0.2, 0.25) is 5.91 Å². The molecule has 2 fully saturated rings. The molecule has 1 saturated carbocycles. The number of alkyl halides is 3. The van der Waals surface area contributed by atoms with Crippen molar-refractivity contribution in [2.24, 2.45) is 11.8 Å². The van der Waals surface area contributed by atoms with Crippen LogP contribution in [0, 0.1) is 23.2 Å². The van der Waals surface area contributed by atoms with E-state index in [-0.39, 0.29) is 18.4 Å². The summed E-state index contributed by atoms with van der Waals surface area (Å²) in [6.45, 7) is 2.33. The van der Waals surface area contributed by atoms with E-state index < -0.39 is 17.7 Å². The Balaban J connectivity index is 1.47. The van der Waals surface area contributed by atoms with Gasteiger partial charge in [-0.15, -0.1) is 0 Å². The van der Waals surface area contributed by atoms with Crippen LogP contribution in [0.15, 0.2) is 42.5 Å². The maximum absolute atomic E-state index is 13.3. The van der Waals surface area contributed by atoms with E-state index in [2.05, 4.69) is 21.2 Å². The van der Waals surface area contributed by atoms with Crippen LogP contribution in [-0.2, 0) is 17.4 Å². The maximum Gasteiger partial charge on any atom is 0.416 e. The molecule has 2 atom stereocenters. The molecule has 0 aromatic heterocycles. The highest BCUT2D eigenvalue weighted by Gasteiger charge is 2.43. The van der Waals surface area contributed by atoms with E-state index >= 15 is 0 Å². The Morgan fingerprint density at radius 1 is 1.12 bits per heavy atom. The number of hydrogen-bond acceptors (Lipinski definition) is 4. The van der Waals surface area contributed by atoms with Crippen molar-refractivity contribution in [2.45, 2.75) is 31.5 Å². The summed E-state index contributed by atoms with van der Waals surface area (Å²) in [4.78, 5) is 17.4. The minimum absolute atomic E-state index is 0.101. The first-order valence-corrected chi connectivity index (χ1v) is 11.3. The molecule has 1 saturated heterocycles. The SMILES string of the molecule is N#Cc1ccccc1N1CCN2c3ccc(C(F)(F)F)cc3CC(C(=O)NCC3CC3)C2C1. The molecule has 1 aliphatic carbocycles. The van der Waals surface area contributed by atoms with Crippen LogP contribution in [0.4, 0.5) is 24.5 Å². The largest absolute Gasteiger partial charge is 0.416 e. The van der Waals surface area contributed by atoms with Crippen LogP contribution in [0.25, 0.3) is 0 Å². The summed E-state index contributed by atoms with van der Waals surface area (Å²) in [6.07, 6.45) is -1.94. The molecule has 172 valence electrons. The Bertz CT molecular complexity index is 1110. The summed E-state index contributed by atoms with van der Waals surface area (Å²) in [6, 6.07) is 13.3. The normalized spacial score (nSPS) is 22.2. The van der Waals surface area contributed by atoms with Gasteiger partial charge in [-0.25, -0.2) is 0 Å². The number of anilines is 2. The Morgan fingerprint density at radius 3 is 2.64 bits per heavy atom. The second kappa shape index (κ2) is 8.29. The van der Waals surface area contributed by atoms with Gasteiger partial charge in [-0.3, -0.25) is 4.79 Å². The van der Waals surface area contributed by atoms with Gasteiger partial charge < -0.3 is 15.1 Å². The highest BCUT2D eigenvalue weighted by atomic mass is 19.4. The smallest absolute Gasteiger partial charge is 0.367 e. The fraction of sp³-hybridized carbons (Fsp3) is 0.440. The van der Waals surface area contributed by atoms with Gasteiger partial charge in [0, 0.05) is 31.9 Å². The average Bonchev–Trinajstić information content (AvgIpc) is 3.65. The van der Waals surface area contributed by atoms with E-state index in [0.717, 1.165) is 30.3 Å². The highest BCUT2D eigenvalue weighted by molar-refractivity contribution is 5.82. The lowest BCUT2D eigenvalue weighted by Crippen LogP contribution is -2.61. The Hall–Kier alpha value is -3.21. The lowest BCUT2D eigenvalue weighted by molar-refractivity contribution is -0.137. The number of piperazine rings is 1. The molecule has 2 aromatic carbocycles. The van der Waals surface area contributed by atoms with E-state index in [4.69, 9.17) is 0 Å². The average molecular weight is 454 g/mol. The third kappa shape index (κ3) is 4.24. The van der Waals surface area contributed by atoms with Crippen LogP contribution in [-0.4, -0.2) is 38.1 Å². The number of nitriles is 1. The monoisotopic (exact) mass is 454 g/mol. The lowest BCUT2D eigenvalue weighted by Gasteiger charge is -2.50. The first-order valence-electron chi connectivity index (χ1n) is 11.3. The summed E-state index contributed by atoms with van der Waals surface area (Å²) in [7, 11) is 0. The van der Waals surface area contributed by atoms with E-state index in [1.165, 1.54) is 6.07 Å². The molecule has 2 heterocycles. The second-order valence-corrected chi connectivity index (χ2v) is 9.18. The van der Waals surface area contributed by atoms with Crippen LogP contribution in [0.1, 0.15) is 29.5 Å². The fourth-order valence-corrected chi connectivity index (χ4v) is 5.06. The summed E-state index contributed by atoms with van der Waals surface area (Å²) < 4.78 is 40.0. The number of amides is 1. The van der Waals surface area contributed by atoms with E-state index in [1.807, 2.05) is 18.2 Å². The molecule has 1 amide bonds. The second-order valence-electron chi connectivity index (χ2n) is 9.18. The molecule has 0 spiro atoms. The summed E-state index contributed by atoms with van der Waals surface area (Å²) in [5, 5.41) is 12.6. The van der Waals surface area contributed by atoms with Gasteiger partial charge in [-0.1, -0.05) is 12.1 Å². The third-order valence-corrected chi connectivity index (χ3v) is 7.00. The number of nitrogens with one attached hydrogen (secondary N) is 1. The van der Waals surface area contributed by atoms with Gasteiger partial charge in [0.1, 0.15) is 6.07 Å². The van der Waals surface area contributed by atoms with Crippen LogP contribution < -0.4 is 15.1 Å². The number of benzene rings is 2. The Morgan fingerprint density at radius 2 is 1.91 bits per heavy atom. The molecule has 8 heteroatoms. The minimum Gasteiger partial charge on any atom is -0.367 e. The lowest BCUT2D eigenvalue weighted by atomic mass is 9.82. The van der Waals surface area contributed by atoms with Crippen molar-refractivity contribution < 1.29 is 18.0 Å². The Labute approximate surface area is 190 Å². The maximum atomic E-state index is 13.3. The molecule has 1 N–H and O–H groups in total. The van der Waals surface area contributed by atoms with Crippen molar-refractivity contribution in [3.05, 3.63) is 59.2 Å². The molecule has 5 rings (SSSR count). The predicted molar refractivity (Wildman–Crippen MR) is 119 cm³/mol. The molecule has 3 aliphatic rings. The molecule has 0 bridgehead atoms. The van der Waals surface area contributed by atoms with Crippen LogP contribution in [0.5, 0.6) is 0 Å². The molecule has 0 radical (unpaired) electrons. The highest BCUT2D eigenvalue weighted by Crippen LogP contribution is 2.40. The van der Waals surface area contributed by atoms with Gasteiger partial charge in [0.25, 0.3) is 0 Å². The van der Waals surface area contributed by atoms with E-state index in [0.29, 0.717) is 43.2 Å². The molecular formula is C25H25F3N4O. The van der Waals surface area contributed by atoms with E-state index in [1.54, 1.807) is 12.1 Å². The topological polar surface area (TPSA) is 59.4 Å². The van der Waals surface area contributed by atoms with Crippen molar-refractivity contribution in [3.63, 3.8) is 0 Å². The van der Waals surface area contributed by atoms with Crippen molar-refractivity contribution >= 4 is 17.3 Å². The number of nitrogens with zero attached hydrogens (tertiary/aromatic N) is 3. The molecular weight excluding hydrogens is 429 g/mol. The zero-order valence-corrected chi connectivity index (χ0v) is 18.1. The van der Waals surface area contributed by atoms with Gasteiger partial charge in [-0.2, -0.15) is 18.4 Å². The summed E-state index contributed by atoms with van der Waals surface area (Å²) in [5.41, 5.74) is 2.06. The number of halogens is 3. The predicted octanol–water partition coefficient (Wildman–Crippen LogP) is 3.97. The quantitative estimate of drug-likeness (QED) is 0.760. The van der Waals surface area contributed by atoms with Crippen LogP contribution in [0.3, 0.4) is 0 Å². The molecule has 2 unspecified atom stereocenters. The number of carbonyl (C=O) groups excluding carboxylic acids is 1. The molecule has 2 aromatic rings. The van der Waals surface area contributed by atoms with Gasteiger partial charge in [0.15, 0.2) is 0 Å². The van der Waals surface area contributed by atoms with Gasteiger partial charge >= 0.3 is 6.18 Å². The van der Waals surface area contributed by atoms with Crippen molar-refractivity contribution in [3.8, 4) is 6.07 Å². The molecule has 33 heavy (non-hydrogen) atoms. The van der Waals surface area contributed by atoms with E-state index in [9.17, 15) is 23.2 Å². The number of rotatable bonds is 4. The molecule has 5 nitrogen and oxygen atoms in total. The zero-order chi connectivity index (χ0) is 23.2. The zero-order valence-electron chi connectivity index (χ0n) is 18.1. The van der Waals surface area contributed by atoms with Crippen molar-refractivity contribution in [1.29, 1.82) is 5.26 Å². The molecule has 2 aliphatic heterocycles. The minimum atomic E-state index is -4.42. The number of para-hydroxylation sites is 1. The standard InChI is InChI=1S/C25H25F3N4O/c26-25(27,28)19-7-8-22-18(11-19)12-20(24(33)30-14-16-5-6-16)23-15-31(9-10-32(22)23)21-4-2-1-3-17(21)13-29/h1-4,7-8,11,16,20,23H,5-6,9-10,12,14-15H2,(H,30,33). The van der Waals surface area contributed by atoms with Gasteiger partial charge in [-0.05, 0) is 61.1 Å². The van der Waals surface area contributed by atoms with Crippen LogP contribution in [0.2, 0.25) is 0 Å². The summed E-state index contributed by atoms with van der Waals surface area (Å²) in [5.74, 6) is -0.0460. The van der Waals surface area contributed by atoms with Crippen molar-refractivity contribution in [1.82, 2.24) is 5.32 Å². The number of hydrogen-bond donors (Lipinski definition) is 1. The first kappa shape index (κ1) is 21.6. The van der Waals surface area contributed by atoms with Gasteiger partial charge in [0.05, 0.1) is 28.8 Å². The number of fused-ring (bicyclic) bond motifs is 3. The Kier molecular flexibility index (Phi) is 5.43. The summed E-state index contributed by atoms with van der Waals surface area (Å²) >= 11 is 0. The first-order chi connectivity index (χ1) is 15.8. The van der Waals surface area contributed by atoms with Crippen molar-refractivity contribution in [2.75, 3.05) is 36.0 Å². The third-order valence-electron chi connectivity index (χ3n) is 7.00.